The van der Waals surface area contributed by atoms with E-state index < -0.39 is 0 Å². The highest BCUT2D eigenvalue weighted by Crippen LogP contribution is 2.21. The molecule has 7 heteroatoms. The van der Waals surface area contributed by atoms with Crippen LogP contribution in [-0.4, -0.2) is 59.9 Å². The third-order valence-electron chi connectivity index (χ3n) is 5.23. The van der Waals surface area contributed by atoms with Crippen molar-refractivity contribution in [3.63, 3.8) is 0 Å². The van der Waals surface area contributed by atoms with Crippen LogP contribution in [0.15, 0.2) is 48.5 Å². The Morgan fingerprint density at radius 1 is 1.07 bits per heavy atom. The number of halogens is 1. The van der Waals surface area contributed by atoms with Gasteiger partial charge < -0.3 is 14.6 Å². The number of piperazine rings is 1. The average molecular weight is 412 g/mol. The summed E-state index contributed by atoms with van der Waals surface area (Å²) in [7, 11) is 1.38. The standard InChI is InChI=1S/C22H22ClN3O3/c1-29-22(28)16-4-2-3-15(11-16)14-25-7-9-26(10-8-25)21(27)20-13-17-12-18(23)5-6-19(17)24-20/h2-6,11-13,24H,7-10,14H2,1H3. The van der Waals surface area contributed by atoms with Gasteiger partial charge in [-0.3, -0.25) is 9.69 Å². The van der Waals surface area contributed by atoms with Gasteiger partial charge >= 0.3 is 5.97 Å². The molecule has 0 bridgehead atoms. The summed E-state index contributed by atoms with van der Waals surface area (Å²) < 4.78 is 4.79. The smallest absolute Gasteiger partial charge is 0.337 e. The number of carbonyl (C=O) groups excluding carboxylic acids is 2. The van der Waals surface area contributed by atoms with Crippen molar-refractivity contribution in [1.82, 2.24) is 14.8 Å². The second-order valence-corrected chi connectivity index (χ2v) is 7.61. The maximum absolute atomic E-state index is 12.9. The summed E-state index contributed by atoms with van der Waals surface area (Å²) in [5.74, 6) is -0.327. The molecule has 0 radical (unpaired) electrons. The SMILES string of the molecule is COC(=O)c1cccc(CN2CCN(C(=O)c3cc4cc(Cl)ccc4[nH]3)CC2)c1. The van der Waals surface area contributed by atoms with Crippen LogP contribution in [0.4, 0.5) is 0 Å². The van der Waals surface area contributed by atoms with Crippen LogP contribution in [0.25, 0.3) is 10.9 Å². The van der Waals surface area contributed by atoms with Crippen molar-refractivity contribution in [3.8, 4) is 0 Å². The predicted octanol–water partition coefficient (Wildman–Crippen LogP) is 3.57. The number of carbonyl (C=O) groups is 2. The van der Waals surface area contributed by atoms with Crippen LogP contribution in [0.3, 0.4) is 0 Å². The van der Waals surface area contributed by atoms with Gasteiger partial charge in [0, 0.05) is 48.6 Å². The topological polar surface area (TPSA) is 65.6 Å². The van der Waals surface area contributed by atoms with Gasteiger partial charge in [0.2, 0.25) is 0 Å². The van der Waals surface area contributed by atoms with E-state index >= 15 is 0 Å². The fourth-order valence-corrected chi connectivity index (χ4v) is 3.85. The quantitative estimate of drug-likeness (QED) is 0.666. The minimum Gasteiger partial charge on any atom is -0.465 e. The molecular weight excluding hydrogens is 390 g/mol. The molecule has 2 heterocycles. The van der Waals surface area contributed by atoms with Crippen molar-refractivity contribution < 1.29 is 14.3 Å². The van der Waals surface area contributed by atoms with Crippen LogP contribution in [0, 0.1) is 0 Å². The van der Waals surface area contributed by atoms with E-state index in [2.05, 4.69) is 9.88 Å². The fraction of sp³-hybridized carbons (Fsp3) is 0.273. The van der Waals surface area contributed by atoms with Gasteiger partial charge in [0.15, 0.2) is 0 Å². The third kappa shape index (κ3) is 4.28. The normalized spacial score (nSPS) is 14.9. The van der Waals surface area contributed by atoms with E-state index in [9.17, 15) is 9.59 Å². The zero-order chi connectivity index (χ0) is 20.4. The lowest BCUT2D eigenvalue weighted by molar-refractivity contribution is 0.0595. The number of esters is 1. The molecule has 3 aromatic rings. The monoisotopic (exact) mass is 411 g/mol. The van der Waals surface area contributed by atoms with Crippen molar-refractivity contribution in [2.45, 2.75) is 6.54 Å². The van der Waals surface area contributed by atoms with Gasteiger partial charge in [0.25, 0.3) is 5.91 Å². The number of nitrogens with zero attached hydrogens (tertiary/aromatic N) is 2. The van der Waals surface area contributed by atoms with E-state index in [4.69, 9.17) is 16.3 Å². The molecule has 1 N–H and O–H groups in total. The van der Waals surface area contributed by atoms with E-state index in [1.165, 1.54) is 7.11 Å². The van der Waals surface area contributed by atoms with Crippen LogP contribution in [-0.2, 0) is 11.3 Å². The van der Waals surface area contributed by atoms with Crippen LogP contribution in [0.5, 0.6) is 0 Å². The van der Waals surface area contributed by atoms with Gasteiger partial charge in [0.1, 0.15) is 5.69 Å². The lowest BCUT2D eigenvalue weighted by Crippen LogP contribution is -2.48. The number of hydrogen-bond donors (Lipinski definition) is 1. The first-order valence-electron chi connectivity index (χ1n) is 9.50. The number of aromatic nitrogens is 1. The number of rotatable bonds is 4. The average Bonchev–Trinajstić information content (AvgIpc) is 3.16. The highest BCUT2D eigenvalue weighted by Gasteiger charge is 2.23. The highest BCUT2D eigenvalue weighted by molar-refractivity contribution is 6.31. The van der Waals surface area contributed by atoms with Gasteiger partial charge in [-0.25, -0.2) is 4.79 Å². The zero-order valence-electron chi connectivity index (χ0n) is 16.2. The number of aromatic amines is 1. The van der Waals surface area contributed by atoms with Crippen LogP contribution < -0.4 is 0 Å². The molecule has 150 valence electrons. The molecule has 6 nitrogen and oxygen atoms in total. The highest BCUT2D eigenvalue weighted by atomic mass is 35.5. The number of hydrogen-bond acceptors (Lipinski definition) is 4. The van der Waals surface area contributed by atoms with E-state index in [0.29, 0.717) is 29.4 Å². The number of ether oxygens (including phenoxy) is 1. The Hall–Kier alpha value is -2.83. The fourth-order valence-electron chi connectivity index (χ4n) is 3.67. The van der Waals surface area contributed by atoms with Gasteiger partial charge in [-0.05, 0) is 42.0 Å². The second kappa shape index (κ2) is 8.27. The molecule has 0 aliphatic carbocycles. The van der Waals surface area contributed by atoms with Crippen molar-refractivity contribution in [2.75, 3.05) is 33.3 Å². The number of H-pyrrole nitrogens is 1. The maximum atomic E-state index is 12.9. The summed E-state index contributed by atoms with van der Waals surface area (Å²) in [6, 6.07) is 14.9. The number of nitrogens with one attached hydrogen (secondary N) is 1. The third-order valence-corrected chi connectivity index (χ3v) is 5.46. The molecule has 0 unspecified atom stereocenters. The van der Waals surface area contributed by atoms with Crippen LogP contribution >= 0.6 is 11.6 Å². The Labute approximate surface area is 174 Å². The molecule has 0 spiro atoms. The van der Waals surface area contributed by atoms with Crippen molar-refractivity contribution >= 4 is 34.4 Å². The molecule has 1 aromatic heterocycles. The molecule has 1 fully saturated rings. The number of benzene rings is 2. The Balaban J connectivity index is 1.37. The lowest BCUT2D eigenvalue weighted by atomic mass is 10.1. The molecule has 1 aliphatic heterocycles. The Morgan fingerprint density at radius 2 is 1.86 bits per heavy atom. The molecule has 2 aromatic carbocycles. The van der Waals surface area contributed by atoms with Crippen molar-refractivity contribution in [2.24, 2.45) is 0 Å². The van der Waals surface area contributed by atoms with Gasteiger partial charge in [-0.15, -0.1) is 0 Å². The first-order valence-corrected chi connectivity index (χ1v) is 9.88. The summed E-state index contributed by atoms with van der Waals surface area (Å²) in [5, 5.41) is 1.59. The van der Waals surface area contributed by atoms with E-state index in [-0.39, 0.29) is 11.9 Å². The molecule has 4 rings (SSSR count). The summed E-state index contributed by atoms with van der Waals surface area (Å²) in [6.45, 7) is 3.61. The van der Waals surface area contributed by atoms with E-state index in [1.807, 2.05) is 47.4 Å². The molecule has 0 atom stereocenters. The maximum Gasteiger partial charge on any atom is 0.337 e. The summed E-state index contributed by atoms with van der Waals surface area (Å²) >= 11 is 6.03. The molecule has 29 heavy (non-hydrogen) atoms. The molecular formula is C22H22ClN3O3. The predicted molar refractivity (Wildman–Crippen MR) is 112 cm³/mol. The van der Waals surface area contributed by atoms with Gasteiger partial charge in [0.05, 0.1) is 12.7 Å². The minimum absolute atomic E-state index is 0.00432. The van der Waals surface area contributed by atoms with Crippen molar-refractivity contribution in [3.05, 3.63) is 70.4 Å². The summed E-state index contributed by atoms with van der Waals surface area (Å²) in [4.78, 5) is 31.9. The first-order chi connectivity index (χ1) is 14.0. The van der Waals surface area contributed by atoms with Crippen molar-refractivity contribution in [1.29, 1.82) is 0 Å². The first kappa shape index (κ1) is 19.5. The molecule has 1 saturated heterocycles. The Kier molecular flexibility index (Phi) is 5.56. The number of methoxy groups -OCH3 is 1. The van der Waals surface area contributed by atoms with E-state index in [0.717, 1.165) is 36.1 Å². The largest absolute Gasteiger partial charge is 0.465 e. The number of amides is 1. The minimum atomic E-state index is -0.332. The van der Waals surface area contributed by atoms with Crippen LogP contribution in [0.2, 0.25) is 5.02 Å². The molecule has 1 amide bonds. The second-order valence-electron chi connectivity index (χ2n) is 7.17. The molecule has 1 aliphatic rings. The van der Waals surface area contributed by atoms with Gasteiger partial charge in [-0.1, -0.05) is 23.7 Å². The Bertz CT molecular complexity index is 1050. The van der Waals surface area contributed by atoms with Crippen LogP contribution in [0.1, 0.15) is 26.4 Å². The zero-order valence-corrected chi connectivity index (χ0v) is 16.9. The summed E-state index contributed by atoms with van der Waals surface area (Å²) in [5.41, 5.74) is 3.10. The van der Waals surface area contributed by atoms with E-state index in [1.54, 1.807) is 6.07 Å². The Morgan fingerprint density at radius 3 is 2.62 bits per heavy atom. The summed E-state index contributed by atoms with van der Waals surface area (Å²) in [6.07, 6.45) is 0. The van der Waals surface area contributed by atoms with Gasteiger partial charge in [-0.2, -0.15) is 0 Å². The molecule has 0 saturated carbocycles. The number of fused-ring (bicyclic) bond motifs is 1. The lowest BCUT2D eigenvalue weighted by Gasteiger charge is -2.34.